The smallest absolute Gasteiger partial charge is 0.232 e. The maximum atomic E-state index is 11.1. The lowest BCUT2D eigenvalue weighted by Gasteiger charge is -2.37. The van der Waals surface area contributed by atoms with Gasteiger partial charge in [-0.3, -0.25) is 4.90 Å². The highest BCUT2D eigenvalue weighted by atomic mass is 16.5. The summed E-state index contributed by atoms with van der Waals surface area (Å²) in [5, 5.41) is 23.5. The van der Waals surface area contributed by atoms with Gasteiger partial charge in [-0.25, -0.2) is 4.68 Å². The van der Waals surface area contributed by atoms with E-state index in [1.165, 1.54) is 0 Å². The van der Waals surface area contributed by atoms with E-state index < -0.39 is 5.60 Å². The van der Waals surface area contributed by atoms with Crippen LogP contribution in [0.1, 0.15) is 70.9 Å². The first-order valence-electron chi connectivity index (χ1n) is 8.87. The summed E-state index contributed by atoms with van der Waals surface area (Å²) >= 11 is 0. The van der Waals surface area contributed by atoms with Gasteiger partial charge >= 0.3 is 0 Å². The molecule has 8 nitrogen and oxygen atoms in total. The Balaban J connectivity index is 1.71. The van der Waals surface area contributed by atoms with Crippen molar-refractivity contribution in [1.82, 2.24) is 30.0 Å². The van der Waals surface area contributed by atoms with E-state index in [4.69, 9.17) is 4.52 Å². The van der Waals surface area contributed by atoms with Crippen molar-refractivity contribution in [3.05, 3.63) is 23.6 Å². The van der Waals surface area contributed by atoms with Gasteiger partial charge in [0.15, 0.2) is 5.82 Å². The first kappa shape index (κ1) is 18.0. The van der Waals surface area contributed by atoms with E-state index >= 15 is 0 Å². The molecule has 1 fully saturated rings. The van der Waals surface area contributed by atoms with Crippen molar-refractivity contribution in [2.75, 3.05) is 13.1 Å². The zero-order chi connectivity index (χ0) is 18.2. The Morgan fingerprint density at radius 3 is 2.72 bits per heavy atom. The summed E-state index contributed by atoms with van der Waals surface area (Å²) in [6.07, 6.45) is 3.41. The van der Waals surface area contributed by atoms with Gasteiger partial charge in [0.05, 0.1) is 12.7 Å². The van der Waals surface area contributed by atoms with Crippen LogP contribution >= 0.6 is 0 Å². The van der Waals surface area contributed by atoms with Gasteiger partial charge in [-0.15, -0.1) is 5.10 Å². The number of β-amino-alcohol motifs (C(OH)–C–C–N with tert-alkyl or cyclic N) is 1. The van der Waals surface area contributed by atoms with Gasteiger partial charge in [-0.2, -0.15) is 4.98 Å². The molecule has 3 rings (SSSR count). The Labute approximate surface area is 148 Å². The Bertz CT molecular complexity index is 717. The molecule has 0 radical (unpaired) electrons. The molecule has 0 amide bonds. The third-order valence-corrected chi connectivity index (χ3v) is 4.54. The summed E-state index contributed by atoms with van der Waals surface area (Å²) in [5.41, 5.74) is -0.514. The Kier molecular flexibility index (Phi) is 4.68. The van der Waals surface area contributed by atoms with Crippen molar-refractivity contribution in [2.45, 2.75) is 71.1 Å². The second kappa shape index (κ2) is 6.49. The highest BCUT2D eigenvalue weighted by Gasteiger charge is 2.38. The van der Waals surface area contributed by atoms with E-state index in [1.54, 1.807) is 4.68 Å². The van der Waals surface area contributed by atoms with Crippen molar-refractivity contribution in [3.8, 4) is 0 Å². The molecule has 138 valence electrons. The molecule has 0 bridgehead atoms. The molecule has 2 aromatic heterocycles. The van der Waals surface area contributed by atoms with E-state index in [2.05, 4.69) is 25.4 Å². The van der Waals surface area contributed by atoms with Crippen molar-refractivity contribution in [2.24, 2.45) is 0 Å². The predicted octanol–water partition coefficient (Wildman–Crippen LogP) is 2.02. The van der Waals surface area contributed by atoms with Crippen LogP contribution in [0, 0.1) is 0 Å². The van der Waals surface area contributed by atoms with Gasteiger partial charge in [0.2, 0.25) is 5.89 Å². The van der Waals surface area contributed by atoms with E-state index in [9.17, 15) is 5.11 Å². The highest BCUT2D eigenvalue weighted by Crippen LogP contribution is 2.31. The molecule has 1 unspecified atom stereocenters. The number of rotatable bonds is 4. The largest absolute Gasteiger partial charge is 0.382 e. The Morgan fingerprint density at radius 2 is 2.12 bits per heavy atom. The summed E-state index contributed by atoms with van der Waals surface area (Å²) < 4.78 is 7.14. The Morgan fingerprint density at radius 1 is 1.36 bits per heavy atom. The molecule has 0 spiro atoms. The highest BCUT2D eigenvalue weighted by molar-refractivity contribution is 5.10. The summed E-state index contributed by atoms with van der Waals surface area (Å²) in [5.74, 6) is 1.29. The average molecular weight is 348 g/mol. The molecule has 2 aromatic rings. The first-order chi connectivity index (χ1) is 11.7. The lowest BCUT2D eigenvalue weighted by atomic mass is 9.90. The van der Waals surface area contributed by atoms with Crippen LogP contribution in [0.2, 0.25) is 0 Å². The van der Waals surface area contributed by atoms with E-state index in [0.29, 0.717) is 36.9 Å². The molecule has 1 atom stereocenters. The average Bonchev–Trinajstić information content (AvgIpc) is 3.16. The van der Waals surface area contributed by atoms with Crippen LogP contribution in [-0.4, -0.2) is 48.2 Å². The topological polar surface area (TPSA) is 93.1 Å². The number of hydrogen-bond donors (Lipinski definition) is 1. The van der Waals surface area contributed by atoms with Gasteiger partial charge in [0, 0.05) is 18.0 Å². The molecular weight excluding hydrogens is 320 g/mol. The van der Waals surface area contributed by atoms with Crippen LogP contribution in [0.5, 0.6) is 0 Å². The fourth-order valence-corrected chi connectivity index (χ4v) is 3.03. The van der Waals surface area contributed by atoms with Crippen LogP contribution in [-0.2, 0) is 17.6 Å². The Hall–Kier alpha value is -1.80. The minimum Gasteiger partial charge on any atom is -0.382 e. The quantitative estimate of drug-likeness (QED) is 0.903. The van der Waals surface area contributed by atoms with Gasteiger partial charge in [-0.05, 0) is 33.2 Å². The van der Waals surface area contributed by atoms with Crippen LogP contribution in [0.3, 0.4) is 0 Å². The number of nitrogens with zero attached hydrogens (tertiary/aromatic N) is 6. The van der Waals surface area contributed by atoms with Gasteiger partial charge < -0.3 is 9.63 Å². The molecule has 1 saturated heterocycles. The van der Waals surface area contributed by atoms with E-state index in [-0.39, 0.29) is 11.5 Å². The lowest BCUT2D eigenvalue weighted by Crippen LogP contribution is -2.46. The standard InChI is InChI=1S/C17H28N6O2/c1-12(2)23-9-13(19-21-23)17(24)7-6-8-22(11-17)10-14-18-15(25-20-14)16(3,4)5/h9,12,24H,6-8,10-11H2,1-5H3. The zero-order valence-corrected chi connectivity index (χ0v) is 15.7. The van der Waals surface area contributed by atoms with Crippen LogP contribution in [0.4, 0.5) is 0 Å². The number of piperidine rings is 1. The van der Waals surface area contributed by atoms with E-state index in [0.717, 1.165) is 13.0 Å². The zero-order valence-electron chi connectivity index (χ0n) is 15.7. The van der Waals surface area contributed by atoms with Crippen molar-refractivity contribution in [3.63, 3.8) is 0 Å². The summed E-state index contributed by atoms with van der Waals surface area (Å²) in [6, 6.07) is 0.222. The molecule has 0 aliphatic carbocycles. The normalized spacial score (nSPS) is 22.7. The SMILES string of the molecule is CC(C)n1cc(C2(O)CCCN(Cc3noc(C(C)(C)C)n3)C2)nn1. The summed E-state index contributed by atoms with van der Waals surface area (Å²) in [7, 11) is 0. The van der Waals surface area contributed by atoms with Crippen molar-refractivity contribution < 1.29 is 9.63 Å². The van der Waals surface area contributed by atoms with Gasteiger partial charge in [0.25, 0.3) is 0 Å². The number of aliphatic hydroxyl groups is 1. The number of hydrogen-bond acceptors (Lipinski definition) is 7. The first-order valence-corrected chi connectivity index (χ1v) is 8.87. The maximum Gasteiger partial charge on any atom is 0.232 e. The van der Waals surface area contributed by atoms with Crippen molar-refractivity contribution in [1.29, 1.82) is 0 Å². The van der Waals surface area contributed by atoms with Crippen molar-refractivity contribution >= 4 is 0 Å². The molecule has 1 aliphatic heterocycles. The maximum absolute atomic E-state index is 11.1. The third-order valence-electron chi connectivity index (χ3n) is 4.54. The molecule has 8 heteroatoms. The minimum absolute atomic E-state index is 0.163. The molecule has 0 aromatic carbocycles. The third kappa shape index (κ3) is 3.90. The fourth-order valence-electron chi connectivity index (χ4n) is 3.03. The summed E-state index contributed by atoms with van der Waals surface area (Å²) in [4.78, 5) is 6.64. The van der Waals surface area contributed by atoms with Crippen LogP contribution in [0.25, 0.3) is 0 Å². The van der Waals surface area contributed by atoms with Crippen LogP contribution in [0.15, 0.2) is 10.7 Å². The monoisotopic (exact) mass is 348 g/mol. The molecule has 1 aliphatic rings. The second-order valence-electron chi connectivity index (χ2n) is 8.29. The van der Waals surface area contributed by atoms with Crippen LogP contribution < -0.4 is 0 Å². The summed E-state index contributed by atoms with van der Waals surface area (Å²) in [6.45, 7) is 12.1. The molecule has 3 heterocycles. The number of likely N-dealkylation sites (tertiary alicyclic amines) is 1. The van der Waals surface area contributed by atoms with Gasteiger partial charge in [-0.1, -0.05) is 31.1 Å². The molecular formula is C17H28N6O2. The molecule has 25 heavy (non-hydrogen) atoms. The molecule has 1 N–H and O–H groups in total. The minimum atomic E-state index is -0.984. The fraction of sp³-hybridized carbons (Fsp3) is 0.765. The molecule has 0 saturated carbocycles. The van der Waals surface area contributed by atoms with Gasteiger partial charge in [0.1, 0.15) is 11.3 Å². The lowest BCUT2D eigenvalue weighted by molar-refractivity contribution is -0.0422. The predicted molar refractivity (Wildman–Crippen MR) is 91.8 cm³/mol. The second-order valence-corrected chi connectivity index (χ2v) is 8.29. The van der Waals surface area contributed by atoms with E-state index in [1.807, 2.05) is 40.8 Å². The number of aromatic nitrogens is 5.